The fourth-order valence-electron chi connectivity index (χ4n) is 4.46. The number of phenols is 1. The van der Waals surface area contributed by atoms with Crippen molar-refractivity contribution in [2.45, 2.75) is 56.0 Å². The fourth-order valence-corrected chi connectivity index (χ4v) is 5.55. The van der Waals surface area contributed by atoms with Crippen LogP contribution >= 0.6 is 11.3 Å². The lowest BCUT2D eigenvalue weighted by Crippen LogP contribution is -2.44. The van der Waals surface area contributed by atoms with Crippen LogP contribution in [0.3, 0.4) is 0 Å². The highest BCUT2D eigenvalue weighted by atomic mass is 32.1. The first-order chi connectivity index (χ1) is 14.5. The van der Waals surface area contributed by atoms with E-state index in [9.17, 15) is 20.4 Å². The maximum absolute atomic E-state index is 10.8. The van der Waals surface area contributed by atoms with E-state index in [1.807, 2.05) is 18.2 Å². The summed E-state index contributed by atoms with van der Waals surface area (Å²) in [6.45, 7) is -0.240. The second kappa shape index (κ2) is 7.94. The van der Waals surface area contributed by atoms with Gasteiger partial charge in [-0.2, -0.15) is 0 Å². The fraction of sp³-hybridized carbons (Fsp3) is 0.417. The van der Waals surface area contributed by atoms with Crippen LogP contribution in [0.4, 0.5) is 0 Å². The van der Waals surface area contributed by atoms with Crippen LogP contribution in [0, 0.1) is 0 Å². The molecule has 1 saturated heterocycles. The van der Waals surface area contributed by atoms with E-state index in [1.54, 1.807) is 17.4 Å². The van der Waals surface area contributed by atoms with Gasteiger partial charge in [0.15, 0.2) is 0 Å². The van der Waals surface area contributed by atoms with E-state index in [0.29, 0.717) is 11.5 Å². The molecule has 2 heterocycles. The van der Waals surface area contributed by atoms with Crippen molar-refractivity contribution in [2.75, 3.05) is 6.61 Å². The Morgan fingerprint density at radius 1 is 1.03 bits per heavy atom. The van der Waals surface area contributed by atoms with Crippen molar-refractivity contribution in [3.63, 3.8) is 0 Å². The van der Waals surface area contributed by atoms with Crippen molar-refractivity contribution in [3.05, 3.63) is 64.0 Å². The lowest BCUT2D eigenvalue weighted by Gasteiger charge is -2.37. The quantitative estimate of drug-likeness (QED) is 0.500. The molecular weight excluding hydrogens is 400 g/mol. The number of ether oxygens (including phenoxy) is 1. The average molecular weight is 427 g/mol. The highest BCUT2D eigenvalue weighted by molar-refractivity contribution is 7.19. The summed E-state index contributed by atoms with van der Waals surface area (Å²) in [5.74, 6) is 0.536. The van der Waals surface area contributed by atoms with Gasteiger partial charge in [-0.1, -0.05) is 18.2 Å². The molecule has 1 unspecified atom stereocenters. The van der Waals surface area contributed by atoms with Crippen LogP contribution < -0.4 is 0 Å². The van der Waals surface area contributed by atoms with Gasteiger partial charge in [-0.05, 0) is 59.5 Å². The molecule has 1 aliphatic heterocycles. The van der Waals surface area contributed by atoms with Gasteiger partial charge >= 0.3 is 0 Å². The molecule has 5 rings (SSSR count). The molecule has 158 valence electrons. The van der Waals surface area contributed by atoms with Crippen molar-refractivity contribution in [3.8, 4) is 5.75 Å². The topological polar surface area (TPSA) is 90.2 Å². The van der Waals surface area contributed by atoms with Crippen LogP contribution in [0.5, 0.6) is 5.75 Å². The number of aromatic hydroxyl groups is 1. The second-order valence-electron chi connectivity index (χ2n) is 8.47. The minimum atomic E-state index is -1.15. The Morgan fingerprint density at radius 2 is 1.83 bits per heavy atom. The number of thiophene rings is 1. The molecular formula is C24H26O5S. The van der Waals surface area contributed by atoms with Gasteiger partial charge in [-0.3, -0.25) is 0 Å². The van der Waals surface area contributed by atoms with Crippen LogP contribution in [0.25, 0.3) is 10.1 Å². The number of fused-ring (bicyclic) bond motifs is 1. The first-order valence-electron chi connectivity index (χ1n) is 10.5. The number of hydrogen-bond acceptors (Lipinski definition) is 6. The Labute approximate surface area is 179 Å². The summed E-state index contributed by atoms with van der Waals surface area (Å²) in [7, 11) is 0. The third-order valence-corrected chi connectivity index (χ3v) is 7.32. The predicted molar refractivity (Wildman–Crippen MR) is 116 cm³/mol. The first kappa shape index (κ1) is 20.0. The van der Waals surface area contributed by atoms with Crippen LogP contribution in [-0.2, 0) is 11.2 Å². The Kier molecular flexibility index (Phi) is 5.29. The standard InChI is InChI=1S/C24H26O5S/c25-12-16-10-21(27)23(28)24(29-16)19-9-15(18(11-20(19)26)13-5-6-13)8-17-7-14-3-1-2-4-22(14)30-17/h1-4,7,9,11,13,16,21,23-28H,5-6,8,10,12H2/t16-,21-,23?,24-/m0/s1. The summed E-state index contributed by atoms with van der Waals surface area (Å²) in [4.78, 5) is 1.24. The van der Waals surface area contributed by atoms with E-state index in [0.717, 1.165) is 30.4 Å². The normalized spacial score (nSPS) is 26.9. The molecule has 0 radical (unpaired) electrons. The van der Waals surface area contributed by atoms with Crippen molar-refractivity contribution >= 4 is 21.4 Å². The average Bonchev–Trinajstić information content (AvgIpc) is 3.50. The van der Waals surface area contributed by atoms with Crippen molar-refractivity contribution in [1.82, 2.24) is 0 Å². The van der Waals surface area contributed by atoms with Crippen LogP contribution in [-0.4, -0.2) is 45.3 Å². The van der Waals surface area contributed by atoms with E-state index in [-0.39, 0.29) is 18.8 Å². The zero-order chi connectivity index (χ0) is 20.8. The minimum absolute atomic E-state index is 0.0758. The van der Waals surface area contributed by atoms with Crippen molar-refractivity contribution < 1.29 is 25.2 Å². The lowest BCUT2D eigenvalue weighted by atomic mass is 9.89. The Balaban J connectivity index is 1.53. The second-order valence-corrected chi connectivity index (χ2v) is 9.63. The smallest absolute Gasteiger partial charge is 0.121 e. The van der Waals surface area contributed by atoms with Gasteiger partial charge in [0.1, 0.15) is 18.0 Å². The summed E-state index contributed by atoms with van der Waals surface area (Å²) in [6, 6.07) is 14.3. The predicted octanol–water partition coefficient (Wildman–Crippen LogP) is 3.62. The number of aliphatic hydroxyl groups is 3. The van der Waals surface area contributed by atoms with Gasteiger partial charge in [0.05, 0.1) is 18.8 Å². The molecule has 5 nitrogen and oxygen atoms in total. The van der Waals surface area contributed by atoms with Crippen LogP contribution in [0.1, 0.15) is 52.9 Å². The molecule has 1 aromatic heterocycles. The monoisotopic (exact) mass is 426 g/mol. The SMILES string of the molecule is OC[C@@H]1C[C@H](O)C(O)[C@H](c2cc(Cc3cc4ccccc4s3)c(C3CC3)cc2O)O1. The zero-order valence-electron chi connectivity index (χ0n) is 16.6. The third-order valence-electron chi connectivity index (χ3n) is 6.20. The van der Waals surface area contributed by atoms with Gasteiger partial charge in [-0.15, -0.1) is 11.3 Å². The van der Waals surface area contributed by atoms with E-state index < -0.39 is 24.4 Å². The summed E-state index contributed by atoms with van der Waals surface area (Å²) in [5, 5.41) is 42.2. The Bertz CT molecular complexity index is 1020. The van der Waals surface area contributed by atoms with E-state index >= 15 is 0 Å². The molecule has 1 aliphatic carbocycles. The number of aliphatic hydroxyl groups excluding tert-OH is 3. The number of hydrogen-bond donors (Lipinski definition) is 4. The molecule has 6 heteroatoms. The van der Waals surface area contributed by atoms with E-state index in [4.69, 9.17) is 4.74 Å². The molecule has 1 saturated carbocycles. The molecule has 30 heavy (non-hydrogen) atoms. The Hall–Kier alpha value is -1.96. The largest absolute Gasteiger partial charge is 0.508 e. The summed E-state index contributed by atoms with van der Waals surface area (Å²) >= 11 is 1.77. The molecule has 2 aromatic carbocycles. The first-order valence-corrected chi connectivity index (χ1v) is 11.3. The number of rotatable bonds is 5. The van der Waals surface area contributed by atoms with Gasteiger partial charge < -0.3 is 25.2 Å². The molecule has 4 atom stereocenters. The minimum Gasteiger partial charge on any atom is -0.508 e. The van der Waals surface area contributed by atoms with Gasteiger partial charge in [0, 0.05) is 28.0 Å². The van der Waals surface area contributed by atoms with Crippen molar-refractivity contribution in [1.29, 1.82) is 0 Å². The lowest BCUT2D eigenvalue weighted by molar-refractivity contribution is -0.180. The summed E-state index contributed by atoms with van der Waals surface area (Å²) < 4.78 is 7.09. The van der Waals surface area contributed by atoms with Gasteiger partial charge in [0.25, 0.3) is 0 Å². The Morgan fingerprint density at radius 3 is 2.57 bits per heavy atom. The van der Waals surface area contributed by atoms with Crippen LogP contribution in [0.2, 0.25) is 0 Å². The molecule has 0 bridgehead atoms. The number of benzene rings is 2. The van der Waals surface area contributed by atoms with Gasteiger partial charge in [-0.25, -0.2) is 0 Å². The molecule has 2 fully saturated rings. The molecule has 3 aromatic rings. The summed E-state index contributed by atoms with van der Waals surface area (Å²) in [5.41, 5.74) is 2.74. The third kappa shape index (κ3) is 3.74. The van der Waals surface area contributed by atoms with E-state index in [2.05, 4.69) is 18.2 Å². The molecule has 4 N–H and O–H groups in total. The maximum atomic E-state index is 10.8. The molecule has 0 spiro atoms. The number of phenolic OH excluding ortho intramolecular Hbond substituents is 1. The highest BCUT2D eigenvalue weighted by Crippen LogP contribution is 2.46. The molecule has 0 amide bonds. The van der Waals surface area contributed by atoms with E-state index in [1.165, 1.54) is 15.0 Å². The van der Waals surface area contributed by atoms with Crippen molar-refractivity contribution in [2.24, 2.45) is 0 Å². The van der Waals surface area contributed by atoms with Crippen LogP contribution in [0.15, 0.2) is 42.5 Å². The molecule has 2 aliphatic rings. The van der Waals surface area contributed by atoms with Gasteiger partial charge in [0.2, 0.25) is 0 Å². The maximum Gasteiger partial charge on any atom is 0.121 e. The zero-order valence-corrected chi connectivity index (χ0v) is 17.4. The highest BCUT2D eigenvalue weighted by Gasteiger charge is 2.39. The summed E-state index contributed by atoms with van der Waals surface area (Å²) in [6.07, 6.45) is -0.450.